The molecule has 0 N–H and O–H groups in total. The molecule has 0 radical (unpaired) electrons. The van der Waals surface area contributed by atoms with E-state index >= 15 is 0 Å². The number of hydrogen-bond donors (Lipinski definition) is 0. The fourth-order valence-electron chi connectivity index (χ4n) is 4.61. The minimum atomic E-state index is -0.517. The number of piperazine rings is 1. The molecule has 3 fully saturated rings. The summed E-state index contributed by atoms with van der Waals surface area (Å²) in [6.45, 7) is 4.86. The first kappa shape index (κ1) is 17.5. The molecular formula is C18H27N5O3. The highest BCUT2D eigenvalue weighted by Crippen LogP contribution is 2.44. The lowest BCUT2D eigenvalue weighted by molar-refractivity contribution is -0.156. The van der Waals surface area contributed by atoms with E-state index in [-0.39, 0.29) is 24.2 Å². The first-order valence-electron chi connectivity index (χ1n) is 9.72. The average Bonchev–Trinajstić information content (AvgIpc) is 3.28. The van der Waals surface area contributed by atoms with E-state index in [0.29, 0.717) is 0 Å². The fourth-order valence-corrected chi connectivity index (χ4v) is 4.61. The molecule has 2 aliphatic heterocycles. The maximum absolute atomic E-state index is 13.1. The number of ether oxygens (including phenoxy) is 1. The van der Waals surface area contributed by atoms with E-state index in [2.05, 4.69) is 15.0 Å². The predicted octanol–water partition coefficient (Wildman–Crippen LogP) is 0.688. The number of aromatic nitrogens is 3. The second-order valence-corrected chi connectivity index (χ2v) is 7.68. The van der Waals surface area contributed by atoms with Crippen LogP contribution in [0.25, 0.3) is 0 Å². The number of carbonyl (C=O) groups is 2. The summed E-state index contributed by atoms with van der Waals surface area (Å²) < 4.78 is 7.53. The molecule has 4 rings (SSSR count). The second-order valence-electron chi connectivity index (χ2n) is 7.68. The van der Waals surface area contributed by atoms with Gasteiger partial charge in [-0.1, -0.05) is 6.42 Å². The number of nitrogens with zero attached hydrogens (tertiary/aromatic N) is 5. The number of carbonyl (C=O) groups excluding carboxylic acids is 2. The molecule has 3 heterocycles. The maximum atomic E-state index is 13.1. The normalized spacial score (nSPS) is 26.2. The van der Waals surface area contributed by atoms with Gasteiger partial charge < -0.3 is 9.64 Å². The van der Waals surface area contributed by atoms with E-state index in [9.17, 15) is 9.59 Å². The van der Waals surface area contributed by atoms with Crippen molar-refractivity contribution in [3.8, 4) is 0 Å². The number of hydrogen-bond acceptors (Lipinski definition) is 6. The molecule has 1 atom stereocenters. The van der Waals surface area contributed by atoms with Crippen molar-refractivity contribution >= 4 is 11.9 Å². The largest absolute Gasteiger partial charge is 0.458 e. The monoisotopic (exact) mass is 361 g/mol. The van der Waals surface area contributed by atoms with E-state index in [1.165, 1.54) is 6.42 Å². The number of esters is 1. The quantitative estimate of drug-likeness (QED) is 0.734. The Hall–Kier alpha value is -1.96. The first-order chi connectivity index (χ1) is 12.7. The van der Waals surface area contributed by atoms with Crippen LogP contribution in [0.2, 0.25) is 0 Å². The lowest BCUT2D eigenvalue weighted by atomic mass is 9.75. The molecule has 1 unspecified atom stereocenters. The van der Waals surface area contributed by atoms with Crippen LogP contribution in [0.5, 0.6) is 0 Å². The molecule has 142 valence electrons. The predicted molar refractivity (Wildman–Crippen MR) is 93.1 cm³/mol. The van der Waals surface area contributed by atoms with Crippen molar-refractivity contribution in [2.24, 2.45) is 5.92 Å². The molecule has 8 nitrogen and oxygen atoms in total. The van der Waals surface area contributed by atoms with Crippen molar-refractivity contribution in [3.05, 3.63) is 12.7 Å². The molecular weight excluding hydrogens is 334 g/mol. The third-order valence-corrected chi connectivity index (χ3v) is 6.12. The standard InChI is InChI=1S/C18H27N5O3/c24-16-12-15(18(26-16)4-2-1-3-5-18)17(25)22-9-6-21(7-10-22)8-11-23-14-19-13-20-23/h13-15H,1-12H2. The summed E-state index contributed by atoms with van der Waals surface area (Å²) >= 11 is 0. The van der Waals surface area contributed by atoms with Crippen molar-refractivity contribution < 1.29 is 14.3 Å². The van der Waals surface area contributed by atoms with E-state index < -0.39 is 5.60 Å². The van der Waals surface area contributed by atoms with Gasteiger partial charge in [-0.15, -0.1) is 0 Å². The van der Waals surface area contributed by atoms with Crippen LogP contribution in [-0.4, -0.2) is 74.8 Å². The van der Waals surface area contributed by atoms with E-state index in [0.717, 1.165) is 65.0 Å². The maximum Gasteiger partial charge on any atom is 0.307 e. The minimum absolute atomic E-state index is 0.119. The van der Waals surface area contributed by atoms with Crippen molar-refractivity contribution in [2.75, 3.05) is 32.7 Å². The van der Waals surface area contributed by atoms with Gasteiger partial charge in [-0.05, 0) is 25.7 Å². The molecule has 1 amide bonds. The zero-order valence-electron chi connectivity index (χ0n) is 15.2. The van der Waals surface area contributed by atoms with Gasteiger partial charge in [0.1, 0.15) is 18.3 Å². The molecule has 0 aromatic carbocycles. The summed E-state index contributed by atoms with van der Waals surface area (Å²) in [6.07, 6.45) is 8.47. The van der Waals surface area contributed by atoms with Crippen LogP contribution in [0, 0.1) is 5.92 Å². The molecule has 1 aromatic heterocycles. The van der Waals surface area contributed by atoms with Crippen molar-refractivity contribution in [1.82, 2.24) is 24.6 Å². The summed E-state index contributed by atoms with van der Waals surface area (Å²) in [5, 5.41) is 4.12. The smallest absolute Gasteiger partial charge is 0.307 e. The molecule has 26 heavy (non-hydrogen) atoms. The number of rotatable bonds is 4. The molecule has 2 saturated heterocycles. The van der Waals surface area contributed by atoms with E-state index in [4.69, 9.17) is 4.74 Å². The summed E-state index contributed by atoms with van der Waals surface area (Å²) in [5.74, 6) is -0.359. The van der Waals surface area contributed by atoms with Crippen LogP contribution in [0.1, 0.15) is 38.5 Å². The van der Waals surface area contributed by atoms with Gasteiger partial charge in [-0.3, -0.25) is 19.2 Å². The van der Waals surface area contributed by atoms with Crippen LogP contribution >= 0.6 is 0 Å². The van der Waals surface area contributed by atoms with Gasteiger partial charge in [0.25, 0.3) is 0 Å². The topological polar surface area (TPSA) is 80.6 Å². The number of amides is 1. The Labute approximate surface area is 153 Å². The molecule has 3 aliphatic rings. The van der Waals surface area contributed by atoms with Crippen LogP contribution in [0.3, 0.4) is 0 Å². The van der Waals surface area contributed by atoms with Gasteiger partial charge in [0, 0.05) is 32.7 Å². The van der Waals surface area contributed by atoms with Gasteiger partial charge in [0.2, 0.25) is 5.91 Å². The summed E-state index contributed by atoms with van der Waals surface area (Å²) in [6, 6.07) is 0. The summed E-state index contributed by atoms with van der Waals surface area (Å²) in [4.78, 5) is 33.3. The van der Waals surface area contributed by atoms with Crippen molar-refractivity contribution in [1.29, 1.82) is 0 Å². The zero-order chi connectivity index (χ0) is 18.0. The highest BCUT2D eigenvalue weighted by Gasteiger charge is 2.53. The summed E-state index contributed by atoms with van der Waals surface area (Å²) in [5.41, 5.74) is -0.517. The van der Waals surface area contributed by atoms with Crippen LogP contribution in [-0.2, 0) is 20.9 Å². The van der Waals surface area contributed by atoms with Gasteiger partial charge in [0.05, 0.1) is 18.9 Å². The fraction of sp³-hybridized carbons (Fsp3) is 0.778. The van der Waals surface area contributed by atoms with Gasteiger partial charge in [-0.25, -0.2) is 4.98 Å². The molecule has 1 saturated carbocycles. The SMILES string of the molecule is O=C1CC(C(=O)N2CCN(CCn3cncn3)CC2)C2(CCCCC2)O1. The Morgan fingerprint density at radius 1 is 1.15 bits per heavy atom. The Bertz CT molecular complexity index is 633. The Morgan fingerprint density at radius 3 is 2.62 bits per heavy atom. The molecule has 8 heteroatoms. The van der Waals surface area contributed by atoms with E-state index in [1.807, 2.05) is 9.58 Å². The van der Waals surface area contributed by atoms with Crippen molar-refractivity contribution in [3.63, 3.8) is 0 Å². The lowest BCUT2D eigenvalue weighted by Crippen LogP contribution is -2.54. The minimum Gasteiger partial charge on any atom is -0.458 e. The molecule has 1 aliphatic carbocycles. The van der Waals surface area contributed by atoms with Crippen LogP contribution < -0.4 is 0 Å². The van der Waals surface area contributed by atoms with Gasteiger partial charge in [-0.2, -0.15) is 5.10 Å². The second kappa shape index (κ2) is 7.34. The van der Waals surface area contributed by atoms with Crippen LogP contribution in [0.4, 0.5) is 0 Å². The average molecular weight is 361 g/mol. The van der Waals surface area contributed by atoms with Crippen molar-refractivity contribution in [2.45, 2.75) is 50.7 Å². The highest BCUT2D eigenvalue weighted by atomic mass is 16.6. The molecule has 0 bridgehead atoms. The summed E-state index contributed by atoms with van der Waals surface area (Å²) in [7, 11) is 0. The molecule has 1 aromatic rings. The molecule has 1 spiro atoms. The van der Waals surface area contributed by atoms with Gasteiger partial charge >= 0.3 is 5.97 Å². The Morgan fingerprint density at radius 2 is 1.92 bits per heavy atom. The third-order valence-electron chi connectivity index (χ3n) is 6.12. The Kier molecular flexibility index (Phi) is 4.93. The van der Waals surface area contributed by atoms with Crippen LogP contribution in [0.15, 0.2) is 12.7 Å². The zero-order valence-corrected chi connectivity index (χ0v) is 15.2. The Balaban J connectivity index is 1.32. The first-order valence-corrected chi connectivity index (χ1v) is 9.72. The highest BCUT2D eigenvalue weighted by molar-refractivity contribution is 5.88. The van der Waals surface area contributed by atoms with Gasteiger partial charge in [0.15, 0.2) is 0 Å². The lowest BCUT2D eigenvalue weighted by Gasteiger charge is -2.40. The third kappa shape index (κ3) is 3.47. The van der Waals surface area contributed by atoms with E-state index in [1.54, 1.807) is 12.7 Å².